The number of esters is 2. The molecular formula is C28H48O4S2. The van der Waals surface area contributed by atoms with Gasteiger partial charge in [0.05, 0.1) is 15.4 Å². The molecule has 1 aliphatic heterocycles. The van der Waals surface area contributed by atoms with Crippen LogP contribution in [0.5, 0.6) is 0 Å². The summed E-state index contributed by atoms with van der Waals surface area (Å²) < 4.78 is 11.9. The van der Waals surface area contributed by atoms with E-state index in [4.69, 9.17) is 9.47 Å². The molecule has 4 bridgehead atoms. The maximum atomic E-state index is 12.5. The predicted molar refractivity (Wildman–Crippen MR) is 144 cm³/mol. The normalized spacial score (nSPS) is 33.1. The number of rotatable bonds is 7. The third kappa shape index (κ3) is 6.49. The lowest BCUT2D eigenvalue weighted by molar-refractivity contribution is -0.211. The summed E-state index contributed by atoms with van der Waals surface area (Å²) in [6.07, 6.45) is 9.58. The Kier molecular flexibility index (Phi) is 9.42. The molecule has 5 fully saturated rings. The van der Waals surface area contributed by atoms with Gasteiger partial charge in [0, 0.05) is 0 Å². The van der Waals surface area contributed by atoms with Crippen molar-refractivity contribution in [2.45, 2.75) is 110 Å². The van der Waals surface area contributed by atoms with Gasteiger partial charge in [0.25, 0.3) is 0 Å². The van der Waals surface area contributed by atoms with Crippen LogP contribution in [0.2, 0.25) is 0 Å². The van der Waals surface area contributed by atoms with Crippen LogP contribution < -0.4 is 0 Å². The zero-order chi connectivity index (χ0) is 25.1. The Morgan fingerprint density at radius 3 is 1.76 bits per heavy atom. The van der Waals surface area contributed by atoms with Gasteiger partial charge >= 0.3 is 11.9 Å². The first-order valence-corrected chi connectivity index (χ1v) is 15.6. The van der Waals surface area contributed by atoms with E-state index in [1.165, 1.54) is 50.0 Å². The quantitative estimate of drug-likeness (QED) is 0.333. The molecular weight excluding hydrogens is 464 g/mol. The van der Waals surface area contributed by atoms with Crippen molar-refractivity contribution >= 4 is 35.5 Å². The van der Waals surface area contributed by atoms with Gasteiger partial charge in [0.15, 0.2) is 0 Å². The first kappa shape index (κ1) is 28.2. The van der Waals surface area contributed by atoms with E-state index < -0.39 is 0 Å². The van der Waals surface area contributed by atoms with Crippen LogP contribution in [0.15, 0.2) is 0 Å². The standard InChI is InChI=1S/C17H28O2.C11H20O2S2/c1-5-16(2,3)15(18)19-17(4)13-7-11-6-12(9-13)10-14(17)8-11;1-4-11(2,3)10(12)13-8-9-14-6-5-7-15-9/h11-14H,5-10H2,1-4H3;9H,4-8H2,1-3H3. The Labute approximate surface area is 216 Å². The van der Waals surface area contributed by atoms with Gasteiger partial charge in [-0.1, -0.05) is 13.8 Å². The van der Waals surface area contributed by atoms with Gasteiger partial charge in [0.2, 0.25) is 0 Å². The predicted octanol–water partition coefficient (Wildman–Crippen LogP) is 7.34. The number of hydrogen-bond donors (Lipinski definition) is 0. The molecule has 0 aromatic rings. The van der Waals surface area contributed by atoms with Crippen molar-refractivity contribution in [3.63, 3.8) is 0 Å². The molecule has 4 nitrogen and oxygen atoms in total. The zero-order valence-electron chi connectivity index (χ0n) is 22.6. The fourth-order valence-corrected chi connectivity index (χ4v) is 8.51. The first-order valence-electron chi connectivity index (χ1n) is 13.5. The Morgan fingerprint density at radius 2 is 1.29 bits per heavy atom. The highest BCUT2D eigenvalue weighted by molar-refractivity contribution is 8.17. The van der Waals surface area contributed by atoms with E-state index >= 15 is 0 Å². The fraction of sp³-hybridized carbons (Fsp3) is 0.929. The van der Waals surface area contributed by atoms with Gasteiger partial charge in [-0.15, -0.1) is 23.5 Å². The van der Waals surface area contributed by atoms with Crippen molar-refractivity contribution in [3.05, 3.63) is 0 Å². The Balaban J connectivity index is 0.000000197. The van der Waals surface area contributed by atoms with E-state index in [1.807, 2.05) is 58.1 Å². The van der Waals surface area contributed by atoms with Gasteiger partial charge in [-0.25, -0.2) is 0 Å². The van der Waals surface area contributed by atoms with E-state index in [9.17, 15) is 9.59 Å². The third-order valence-corrected chi connectivity index (χ3v) is 12.1. The lowest BCUT2D eigenvalue weighted by Crippen LogP contribution is -2.58. The molecule has 1 heterocycles. The Bertz CT molecular complexity index is 683. The van der Waals surface area contributed by atoms with E-state index in [-0.39, 0.29) is 28.4 Å². The molecule has 0 unspecified atom stereocenters. The molecule has 0 radical (unpaired) electrons. The molecule has 0 amide bonds. The van der Waals surface area contributed by atoms with Crippen LogP contribution in [0, 0.1) is 34.5 Å². The number of ether oxygens (including phenoxy) is 2. The first-order chi connectivity index (χ1) is 15.9. The molecule has 0 atom stereocenters. The highest BCUT2D eigenvalue weighted by Gasteiger charge is 2.57. The fourth-order valence-electron chi connectivity index (χ4n) is 5.89. The molecule has 0 spiro atoms. The van der Waals surface area contributed by atoms with E-state index in [1.54, 1.807) is 0 Å². The van der Waals surface area contributed by atoms with Gasteiger partial charge in [-0.05, 0) is 121 Å². The maximum absolute atomic E-state index is 12.5. The lowest BCUT2D eigenvalue weighted by atomic mass is 9.50. The number of carbonyl (C=O) groups excluding carboxylic acids is 2. The Morgan fingerprint density at radius 1 is 0.824 bits per heavy atom. The summed E-state index contributed by atoms with van der Waals surface area (Å²) in [5.74, 6) is 5.46. The van der Waals surface area contributed by atoms with Crippen molar-refractivity contribution in [1.29, 1.82) is 0 Å². The Hall–Kier alpha value is -0.360. The van der Waals surface area contributed by atoms with Crippen LogP contribution in [-0.2, 0) is 19.1 Å². The second-order valence-corrected chi connectivity index (χ2v) is 15.4. The van der Waals surface area contributed by atoms with Crippen LogP contribution in [0.25, 0.3) is 0 Å². The van der Waals surface area contributed by atoms with E-state index in [0.717, 1.165) is 24.7 Å². The summed E-state index contributed by atoms with van der Waals surface area (Å²) in [6.45, 7) is 14.8. The monoisotopic (exact) mass is 512 g/mol. The van der Waals surface area contributed by atoms with Gasteiger partial charge in [-0.3, -0.25) is 9.59 Å². The third-order valence-electron chi connectivity index (χ3n) is 9.19. The summed E-state index contributed by atoms with van der Waals surface area (Å²) >= 11 is 3.82. The highest BCUT2D eigenvalue weighted by Crippen LogP contribution is 2.59. The maximum Gasteiger partial charge on any atom is 0.312 e. The molecule has 0 aromatic heterocycles. The van der Waals surface area contributed by atoms with Crippen LogP contribution in [0.3, 0.4) is 0 Å². The van der Waals surface area contributed by atoms with Crippen molar-refractivity contribution in [2.75, 3.05) is 18.1 Å². The SMILES string of the molecule is CCC(C)(C)C(=O)OC1(C)C2CC3CC(C2)CC1C3.CCC(C)(C)C(=O)OCC1SCCCS1. The second kappa shape index (κ2) is 11.4. The average Bonchev–Trinajstić information content (AvgIpc) is 2.81. The van der Waals surface area contributed by atoms with E-state index in [0.29, 0.717) is 23.0 Å². The minimum Gasteiger partial charge on any atom is -0.463 e. The summed E-state index contributed by atoms with van der Waals surface area (Å²) in [7, 11) is 0. The molecule has 6 heteroatoms. The highest BCUT2D eigenvalue weighted by atomic mass is 32.2. The van der Waals surface area contributed by atoms with Gasteiger partial charge < -0.3 is 9.47 Å². The van der Waals surface area contributed by atoms with Crippen LogP contribution >= 0.6 is 23.5 Å². The zero-order valence-corrected chi connectivity index (χ0v) is 24.2. The minimum absolute atomic E-state index is 0.0185. The van der Waals surface area contributed by atoms with Crippen molar-refractivity contribution in [3.8, 4) is 0 Å². The average molecular weight is 513 g/mol. The smallest absolute Gasteiger partial charge is 0.312 e. The largest absolute Gasteiger partial charge is 0.463 e. The summed E-state index contributed by atoms with van der Waals surface area (Å²) in [6, 6.07) is 0. The molecule has 34 heavy (non-hydrogen) atoms. The second-order valence-electron chi connectivity index (χ2n) is 12.5. The topological polar surface area (TPSA) is 52.6 Å². The number of hydrogen-bond acceptors (Lipinski definition) is 6. The van der Waals surface area contributed by atoms with Crippen molar-refractivity contribution < 1.29 is 19.1 Å². The van der Waals surface area contributed by atoms with Crippen LogP contribution in [0.1, 0.15) is 99.8 Å². The number of carbonyl (C=O) groups is 2. The molecule has 5 rings (SSSR count). The minimum atomic E-state index is -0.336. The van der Waals surface area contributed by atoms with Gasteiger partial charge in [-0.2, -0.15) is 0 Å². The molecule has 0 N–H and O–H groups in total. The molecule has 0 aromatic carbocycles. The summed E-state index contributed by atoms with van der Waals surface area (Å²) in [5.41, 5.74) is -0.835. The summed E-state index contributed by atoms with van der Waals surface area (Å²) in [5, 5.41) is 0. The van der Waals surface area contributed by atoms with Crippen LogP contribution in [-0.4, -0.2) is 40.2 Å². The van der Waals surface area contributed by atoms with Crippen molar-refractivity contribution in [2.24, 2.45) is 34.5 Å². The number of thioether (sulfide) groups is 2. The molecule has 1 saturated heterocycles. The summed E-state index contributed by atoms with van der Waals surface area (Å²) in [4.78, 5) is 24.2. The van der Waals surface area contributed by atoms with Crippen molar-refractivity contribution in [1.82, 2.24) is 0 Å². The molecule has 4 aliphatic carbocycles. The van der Waals surface area contributed by atoms with Crippen LogP contribution in [0.4, 0.5) is 0 Å². The lowest BCUT2D eigenvalue weighted by Gasteiger charge is -2.59. The molecule has 5 aliphatic rings. The molecule has 196 valence electrons. The van der Waals surface area contributed by atoms with E-state index in [2.05, 4.69) is 13.8 Å². The molecule has 4 saturated carbocycles. The van der Waals surface area contributed by atoms with Gasteiger partial charge in [0.1, 0.15) is 12.2 Å².